The first-order valence-electron chi connectivity index (χ1n) is 8.94. The molecule has 2 aliphatic carbocycles. The lowest BCUT2D eigenvalue weighted by Gasteiger charge is -2.26. The molecule has 2 aromatic rings. The summed E-state index contributed by atoms with van der Waals surface area (Å²) in [5.74, 6) is 0.152. The van der Waals surface area contributed by atoms with E-state index in [4.69, 9.17) is 0 Å². The molecule has 4 atom stereocenters. The van der Waals surface area contributed by atoms with Gasteiger partial charge in [0.25, 0.3) is 0 Å². The molecule has 2 aliphatic rings. The van der Waals surface area contributed by atoms with Crippen LogP contribution < -0.4 is 0 Å². The van der Waals surface area contributed by atoms with Gasteiger partial charge in [0, 0.05) is 23.0 Å². The minimum Gasteiger partial charge on any atom is -0.294 e. The number of carbonyl (C=O) groups excluding carboxylic acids is 2. The Morgan fingerprint density at radius 1 is 0.680 bits per heavy atom. The van der Waals surface area contributed by atoms with Crippen molar-refractivity contribution >= 4 is 11.6 Å². The Hall–Kier alpha value is -2.48. The fraction of sp³-hybridized carbons (Fsp3) is 0.304. The number of Topliss-reactive ketones (excluding diaryl/α,β-unsaturated/α-hetero) is 2. The highest BCUT2D eigenvalue weighted by Gasteiger charge is 2.51. The number of hydrogen-bond acceptors (Lipinski definition) is 2. The Balaban J connectivity index is 1.67. The van der Waals surface area contributed by atoms with E-state index in [1.165, 1.54) is 0 Å². The molecule has 0 spiro atoms. The van der Waals surface area contributed by atoms with Gasteiger partial charge in [0.05, 0.1) is 0 Å². The first-order valence-corrected chi connectivity index (χ1v) is 8.94. The Morgan fingerprint density at radius 3 is 1.40 bits per heavy atom. The van der Waals surface area contributed by atoms with E-state index < -0.39 is 0 Å². The van der Waals surface area contributed by atoms with Gasteiger partial charge in [0.1, 0.15) is 0 Å². The van der Waals surface area contributed by atoms with Gasteiger partial charge in [0.2, 0.25) is 0 Å². The summed E-state index contributed by atoms with van der Waals surface area (Å²) in [6, 6.07) is 15.4. The molecule has 2 aromatic carbocycles. The molecule has 1 fully saturated rings. The molecule has 0 amide bonds. The van der Waals surface area contributed by atoms with Crippen LogP contribution in [0.1, 0.15) is 38.3 Å². The maximum atomic E-state index is 13.2. The van der Waals surface area contributed by atoms with Crippen molar-refractivity contribution in [3.63, 3.8) is 0 Å². The molecule has 0 radical (unpaired) electrons. The molecule has 0 aromatic heterocycles. The number of rotatable bonds is 4. The van der Waals surface area contributed by atoms with E-state index in [2.05, 4.69) is 12.2 Å². The lowest BCUT2D eigenvalue weighted by atomic mass is 9.75. The van der Waals surface area contributed by atoms with Crippen molar-refractivity contribution in [1.82, 2.24) is 0 Å². The highest BCUT2D eigenvalue weighted by atomic mass is 16.1. The first-order chi connectivity index (χ1) is 12.0. The van der Waals surface area contributed by atoms with Crippen LogP contribution in [0.25, 0.3) is 0 Å². The SMILES string of the molecule is Cc1ccc(C(=O)[C@@H]2[C@@H](C(=O)c3ccc(C)cc3)[C@H]3C=C[C@@H]2C3)cc1. The summed E-state index contributed by atoms with van der Waals surface area (Å²) in [4.78, 5) is 26.3. The summed E-state index contributed by atoms with van der Waals surface area (Å²) in [6.45, 7) is 4.02. The number of aryl methyl sites for hydroxylation is 2. The Bertz CT molecular complexity index is 771. The molecular formula is C23H22O2. The third-order valence-corrected chi connectivity index (χ3v) is 5.74. The zero-order valence-electron chi connectivity index (χ0n) is 14.6. The van der Waals surface area contributed by atoms with Crippen molar-refractivity contribution in [1.29, 1.82) is 0 Å². The number of allylic oxidation sites excluding steroid dienone is 2. The second-order valence-corrected chi connectivity index (χ2v) is 7.46. The van der Waals surface area contributed by atoms with Crippen LogP contribution in [0.4, 0.5) is 0 Å². The summed E-state index contributed by atoms with van der Waals surface area (Å²) in [5.41, 5.74) is 3.71. The maximum absolute atomic E-state index is 13.2. The zero-order chi connectivity index (χ0) is 17.6. The van der Waals surface area contributed by atoms with Crippen molar-refractivity contribution < 1.29 is 9.59 Å². The van der Waals surface area contributed by atoms with E-state index in [9.17, 15) is 9.59 Å². The summed E-state index contributed by atoms with van der Waals surface area (Å²) < 4.78 is 0. The molecule has 2 heteroatoms. The van der Waals surface area contributed by atoms with Crippen molar-refractivity contribution in [2.45, 2.75) is 20.3 Å². The fourth-order valence-electron chi connectivity index (χ4n) is 4.36. The summed E-state index contributed by atoms with van der Waals surface area (Å²) in [5, 5.41) is 0. The summed E-state index contributed by atoms with van der Waals surface area (Å²) >= 11 is 0. The van der Waals surface area contributed by atoms with E-state index in [1.54, 1.807) is 0 Å². The maximum Gasteiger partial charge on any atom is 0.167 e. The van der Waals surface area contributed by atoms with Gasteiger partial charge in [0.15, 0.2) is 11.6 Å². The third kappa shape index (κ3) is 2.76. The average molecular weight is 330 g/mol. The predicted octanol–water partition coefficient (Wildman–Crippen LogP) is 4.81. The molecular weight excluding hydrogens is 308 g/mol. The van der Waals surface area contributed by atoms with Crippen LogP contribution in [0.15, 0.2) is 60.7 Å². The van der Waals surface area contributed by atoms with Crippen LogP contribution in [0.2, 0.25) is 0 Å². The molecule has 2 nitrogen and oxygen atoms in total. The zero-order valence-corrected chi connectivity index (χ0v) is 14.6. The van der Waals surface area contributed by atoms with Crippen LogP contribution >= 0.6 is 0 Å². The van der Waals surface area contributed by atoms with E-state index in [0.29, 0.717) is 0 Å². The van der Waals surface area contributed by atoms with Crippen molar-refractivity contribution in [2.24, 2.45) is 23.7 Å². The lowest BCUT2D eigenvalue weighted by molar-refractivity contribution is 0.0752. The van der Waals surface area contributed by atoms with Gasteiger partial charge in [-0.3, -0.25) is 9.59 Å². The van der Waals surface area contributed by atoms with Crippen LogP contribution in [0.5, 0.6) is 0 Å². The molecule has 126 valence electrons. The molecule has 2 bridgehead atoms. The van der Waals surface area contributed by atoms with Crippen molar-refractivity contribution in [3.8, 4) is 0 Å². The monoisotopic (exact) mass is 330 g/mol. The molecule has 25 heavy (non-hydrogen) atoms. The third-order valence-electron chi connectivity index (χ3n) is 5.74. The lowest BCUT2D eigenvalue weighted by Crippen LogP contribution is -2.33. The van der Waals surface area contributed by atoms with Gasteiger partial charge in [-0.05, 0) is 32.1 Å². The first kappa shape index (κ1) is 16.0. The second-order valence-electron chi connectivity index (χ2n) is 7.46. The van der Waals surface area contributed by atoms with E-state index in [1.807, 2.05) is 62.4 Å². The number of benzene rings is 2. The molecule has 0 N–H and O–H groups in total. The standard InChI is InChI=1S/C23H22O2/c1-14-3-7-16(8-4-14)22(24)20-18-11-12-19(13-18)21(20)23(25)17-9-5-15(2)6-10-17/h3-12,18-21H,13H2,1-2H3/t18-,19+,20-,21-/m0/s1. The number of hydrogen-bond donors (Lipinski definition) is 0. The van der Waals surface area contributed by atoms with Gasteiger partial charge in [-0.1, -0.05) is 71.8 Å². The molecule has 4 rings (SSSR count). The van der Waals surface area contributed by atoms with Crippen molar-refractivity contribution in [3.05, 3.63) is 82.9 Å². The smallest absolute Gasteiger partial charge is 0.167 e. The van der Waals surface area contributed by atoms with Crippen molar-refractivity contribution in [2.75, 3.05) is 0 Å². The quantitative estimate of drug-likeness (QED) is 0.595. The van der Waals surface area contributed by atoms with Gasteiger partial charge < -0.3 is 0 Å². The van der Waals surface area contributed by atoms with E-state index in [-0.39, 0.29) is 35.2 Å². The van der Waals surface area contributed by atoms with Crippen LogP contribution in [-0.2, 0) is 0 Å². The number of carbonyl (C=O) groups is 2. The highest BCUT2D eigenvalue weighted by Crippen LogP contribution is 2.50. The average Bonchev–Trinajstić information content (AvgIpc) is 3.23. The van der Waals surface area contributed by atoms with Crippen LogP contribution in [-0.4, -0.2) is 11.6 Å². The molecule has 0 saturated heterocycles. The van der Waals surface area contributed by atoms with Crippen LogP contribution in [0.3, 0.4) is 0 Å². The fourth-order valence-corrected chi connectivity index (χ4v) is 4.36. The Labute approximate surface area is 148 Å². The molecule has 0 heterocycles. The molecule has 0 unspecified atom stereocenters. The highest BCUT2D eigenvalue weighted by molar-refractivity contribution is 6.06. The largest absolute Gasteiger partial charge is 0.294 e. The van der Waals surface area contributed by atoms with Gasteiger partial charge in [-0.15, -0.1) is 0 Å². The topological polar surface area (TPSA) is 34.1 Å². The minimum absolute atomic E-state index is 0.113. The van der Waals surface area contributed by atoms with Crippen LogP contribution in [0, 0.1) is 37.5 Å². The Morgan fingerprint density at radius 2 is 1.04 bits per heavy atom. The normalized spacial score (nSPS) is 26.8. The molecule has 0 aliphatic heterocycles. The minimum atomic E-state index is -0.230. The van der Waals surface area contributed by atoms with E-state index >= 15 is 0 Å². The predicted molar refractivity (Wildman–Crippen MR) is 98.7 cm³/mol. The number of fused-ring (bicyclic) bond motifs is 2. The molecule has 1 saturated carbocycles. The second kappa shape index (κ2) is 6.11. The Kier molecular flexibility index (Phi) is 3.91. The summed E-state index contributed by atoms with van der Waals surface area (Å²) in [7, 11) is 0. The summed E-state index contributed by atoms with van der Waals surface area (Å²) in [6.07, 6.45) is 5.20. The number of ketones is 2. The van der Waals surface area contributed by atoms with Gasteiger partial charge in [-0.2, -0.15) is 0 Å². The van der Waals surface area contributed by atoms with E-state index in [0.717, 1.165) is 28.7 Å². The van der Waals surface area contributed by atoms with Gasteiger partial charge >= 0.3 is 0 Å². The van der Waals surface area contributed by atoms with Gasteiger partial charge in [-0.25, -0.2) is 0 Å².